The van der Waals surface area contributed by atoms with Gasteiger partial charge in [-0.15, -0.1) is 0 Å². The van der Waals surface area contributed by atoms with Crippen LogP contribution in [0.3, 0.4) is 0 Å². The summed E-state index contributed by atoms with van der Waals surface area (Å²) in [4.78, 5) is 0. The van der Waals surface area contributed by atoms with E-state index in [1.807, 2.05) is 6.92 Å². The Labute approximate surface area is 150 Å². The minimum absolute atomic E-state index is 0.533. The van der Waals surface area contributed by atoms with E-state index >= 15 is 0 Å². The van der Waals surface area contributed by atoms with Crippen LogP contribution in [0.5, 0.6) is 0 Å². The molecule has 6 heteroatoms. The van der Waals surface area contributed by atoms with Gasteiger partial charge in [0.15, 0.2) is 5.11 Å². The van der Waals surface area contributed by atoms with Gasteiger partial charge < -0.3 is 9.88 Å². The zero-order valence-corrected chi connectivity index (χ0v) is 15.8. The van der Waals surface area contributed by atoms with Gasteiger partial charge in [0, 0.05) is 32.8 Å². The first-order valence-corrected chi connectivity index (χ1v) is 8.53. The number of nitrogens with one attached hydrogen (secondary N) is 2. The van der Waals surface area contributed by atoms with Crippen molar-refractivity contribution in [2.45, 2.75) is 20.8 Å². The lowest BCUT2D eigenvalue weighted by molar-refractivity contribution is 0.903. The van der Waals surface area contributed by atoms with Crippen LogP contribution in [-0.2, 0) is 0 Å². The van der Waals surface area contributed by atoms with Crippen molar-refractivity contribution in [3.63, 3.8) is 0 Å². The van der Waals surface area contributed by atoms with E-state index in [1.165, 1.54) is 9.26 Å². The van der Waals surface area contributed by atoms with Gasteiger partial charge in [0.25, 0.3) is 0 Å². The van der Waals surface area contributed by atoms with Crippen LogP contribution in [0.25, 0.3) is 5.69 Å². The zero-order valence-electron chi connectivity index (χ0n) is 12.9. The molecule has 0 amide bonds. The molecule has 1 aromatic heterocycles. The molecule has 116 valence electrons. The molecule has 0 aliphatic carbocycles. The van der Waals surface area contributed by atoms with E-state index < -0.39 is 0 Å². The molecule has 0 bridgehead atoms. The predicted octanol–water partition coefficient (Wildman–Crippen LogP) is 3.52. The third kappa shape index (κ3) is 4.07. The molecule has 2 aromatic rings. The van der Waals surface area contributed by atoms with E-state index in [4.69, 9.17) is 12.2 Å². The number of hydrogen-bond donors (Lipinski definition) is 2. The average Bonchev–Trinajstić information content (AvgIpc) is 2.74. The smallest absolute Gasteiger partial charge is 0.186 e. The molecule has 0 aliphatic rings. The highest BCUT2D eigenvalue weighted by molar-refractivity contribution is 14.1. The van der Waals surface area contributed by atoms with Crippen molar-refractivity contribution in [2.75, 3.05) is 6.54 Å². The number of hydrazone groups is 1. The van der Waals surface area contributed by atoms with Gasteiger partial charge in [-0.2, -0.15) is 5.10 Å². The first kappa shape index (κ1) is 17.0. The van der Waals surface area contributed by atoms with Crippen molar-refractivity contribution in [2.24, 2.45) is 5.10 Å². The highest BCUT2D eigenvalue weighted by Gasteiger charge is 2.09. The summed E-state index contributed by atoms with van der Waals surface area (Å²) in [7, 11) is 0. The van der Waals surface area contributed by atoms with E-state index in [1.54, 1.807) is 6.21 Å². The van der Waals surface area contributed by atoms with E-state index in [9.17, 15) is 0 Å². The van der Waals surface area contributed by atoms with Gasteiger partial charge in [0.05, 0.1) is 6.21 Å². The van der Waals surface area contributed by atoms with Gasteiger partial charge in [0.2, 0.25) is 0 Å². The zero-order chi connectivity index (χ0) is 16.1. The van der Waals surface area contributed by atoms with Crippen LogP contribution in [0.1, 0.15) is 23.9 Å². The Morgan fingerprint density at radius 2 is 2.14 bits per heavy atom. The highest BCUT2D eigenvalue weighted by atomic mass is 127. The molecule has 0 radical (unpaired) electrons. The van der Waals surface area contributed by atoms with Crippen LogP contribution in [0.2, 0.25) is 0 Å². The van der Waals surface area contributed by atoms with Crippen molar-refractivity contribution < 1.29 is 0 Å². The average molecular weight is 426 g/mol. The first-order chi connectivity index (χ1) is 10.5. The van der Waals surface area contributed by atoms with Gasteiger partial charge in [0.1, 0.15) is 0 Å². The Morgan fingerprint density at radius 3 is 2.82 bits per heavy atom. The van der Waals surface area contributed by atoms with Crippen LogP contribution >= 0.6 is 34.8 Å². The highest BCUT2D eigenvalue weighted by Crippen LogP contribution is 2.21. The minimum atomic E-state index is 0.533. The Balaban J connectivity index is 2.24. The molecule has 1 heterocycles. The third-order valence-corrected chi connectivity index (χ3v) is 4.15. The molecule has 1 aromatic carbocycles. The molecular weight excluding hydrogens is 407 g/mol. The standard InChI is InChI=1S/C16H19IN4S/c1-4-18-16(22)20-19-10-13-8-11(2)21(12(13)3)15-7-5-6-14(17)9-15/h5-10H,4H2,1-3H3,(H2,18,20,22)/b19-10-. The summed E-state index contributed by atoms with van der Waals surface area (Å²) in [5, 5.41) is 7.72. The minimum Gasteiger partial charge on any atom is -0.362 e. The van der Waals surface area contributed by atoms with E-state index in [0.717, 1.165) is 23.5 Å². The number of rotatable bonds is 4. The molecule has 0 fully saturated rings. The fourth-order valence-electron chi connectivity index (χ4n) is 2.29. The number of halogens is 1. The van der Waals surface area contributed by atoms with Crippen LogP contribution < -0.4 is 10.7 Å². The van der Waals surface area contributed by atoms with Crippen molar-refractivity contribution >= 4 is 46.1 Å². The number of aromatic nitrogens is 1. The normalized spacial score (nSPS) is 10.9. The summed E-state index contributed by atoms with van der Waals surface area (Å²) < 4.78 is 3.45. The first-order valence-electron chi connectivity index (χ1n) is 7.04. The number of thiocarbonyl (C=S) groups is 1. The van der Waals surface area contributed by atoms with E-state index in [2.05, 4.69) is 87.2 Å². The monoisotopic (exact) mass is 426 g/mol. The molecule has 4 nitrogen and oxygen atoms in total. The molecule has 0 saturated carbocycles. The number of hydrogen-bond acceptors (Lipinski definition) is 2. The van der Waals surface area contributed by atoms with Crippen molar-refractivity contribution in [3.05, 3.63) is 50.9 Å². The Hall–Kier alpha value is -1.41. The van der Waals surface area contributed by atoms with Gasteiger partial charge in [-0.05, 0) is 79.8 Å². The molecule has 22 heavy (non-hydrogen) atoms. The summed E-state index contributed by atoms with van der Waals surface area (Å²) in [6.45, 7) is 6.97. The molecule has 2 N–H and O–H groups in total. The van der Waals surface area contributed by atoms with Gasteiger partial charge in [-0.25, -0.2) is 0 Å². The Bertz CT molecular complexity index is 706. The maximum absolute atomic E-state index is 5.08. The van der Waals surface area contributed by atoms with Crippen molar-refractivity contribution in [3.8, 4) is 5.69 Å². The van der Waals surface area contributed by atoms with Gasteiger partial charge in [-0.1, -0.05) is 6.07 Å². The van der Waals surface area contributed by atoms with E-state index in [-0.39, 0.29) is 0 Å². The lowest BCUT2D eigenvalue weighted by Crippen LogP contribution is -2.31. The molecule has 2 rings (SSSR count). The molecule has 0 atom stereocenters. The van der Waals surface area contributed by atoms with E-state index in [0.29, 0.717) is 5.11 Å². The number of benzene rings is 1. The maximum Gasteiger partial charge on any atom is 0.186 e. The lowest BCUT2D eigenvalue weighted by Gasteiger charge is -2.10. The van der Waals surface area contributed by atoms with Crippen LogP contribution in [0.4, 0.5) is 0 Å². The largest absolute Gasteiger partial charge is 0.362 e. The van der Waals surface area contributed by atoms with Crippen LogP contribution in [0.15, 0.2) is 35.4 Å². The summed E-state index contributed by atoms with van der Waals surface area (Å²) in [6, 6.07) is 10.6. The topological polar surface area (TPSA) is 41.4 Å². The summed E-state index contributed by atoms with van der Waals surface area (Å²) in [6.07, 6.45) is 1.80. The summed E-state index contributed by atoms with van der Waals surface area (Å²) in [5.41, 5.74) is 7.38. The molecule has 0 unspecified atom stereocenters. The quantitative estimate of drug-likeness (QED) is 0.340. The SMILES string of the molecule is CCNC(=S)N/N=C\c1cc(C)n(-c2cccc(I)c2)c1C. The van der Waals surface area contributed by atoms with Gasteiger partial charge >= 0.3 is 0 Å². The van der Waals surface area contributed by atoms with Gasteiger partial charge in [-0.3, -0.25) is 5.43 Å². The second-order valence-corrected chi connectivity index (χ2v) is 6.53. The van der Waals surface area contributed by atoms with Crippen LogP contribution in [-0.4, -0.2) is 22.4 Å². The number of aryl methyl sites for hydroxylation is 1. The van der Waals surface area contributed by atoms with Crippen LogP contribution in [0, 0.1) is 17.4 Å². The van der Waals surface area contributed by atoms with Crippen molar-refractivity contribution in [1.29, 1.82) is 0 Å². The number of nitrogens with zero attached hydrogens (tertiary/aromatic N) is 2. The Morgan fingerprint density at radius 1 is 1.36 bits per heavy atom. The third-order valence-electron chi connectivity index (χ3n) is 3.24. The second kappa shape index (κ2) is 7.73. The summed E-state index contributed by atoms with van der Waals surface area (Å²) >= 11 is 7.41. The Kier molecular flexibility index (Phi) is 5.96. The molecule has 0 aliphatic heterocycles. The summed E-state index contributed by atoms with van der Waals surface area (Å²) in [5.74, 6) is 0. The molecule has 0 saturated heterocycles. The fraction of sp³-hybridized carbons (Fsp3) is 0.250. The fourth-order valence-corrected chi connectivity index (χ4v) is 3.02. The molecular formula is C16H19IN4S. The maximum atomic E-state index is 5.08. The second-order valence-electron chi connectivity index (χ2n) is 4.87. The lowest BCUT2D eigenvalue weighted by atomic mass is 10.2. The van der Waals surface area contributed by atoms with Crippen molar-refractivity contribution in [1.82, 2.24) is 15.3 Å². The molecule has 0 spiro atoms. The predicted molar refractivity (Wildman–Crippen MR) is 105 cm³/mol.